The summed E-state index contributed by atoms with van der Waals surface area (Å²) in [6.45, 7) is 5.34. The van der Waals surface area contributed by atoms with Gasteiger partial charge in [0.05, 0.1) is 12.5 Å². The van der Waals surface area contributed by atoms with Crippen molar-refractivity contribution < 1.29 is 14.3 Å². The number of benzene rings is 3. The molecule has 1 atom stereocenters. The summed E-state index contributed by atoms with van der Waals surface area (Å²) in [5, 5.41) is 3.66. The van der Waals surface area contributed by atoms with Crippen molar-refractivity contribution in [1.82, 2.24) is 10.2 Å². The number of amides is 2. The first-order chi connectivity index (χ1) is 17.4. The van der Waals surface area contributed by atoms with E-state index in [0.29, 0.717) is 37.6 Å². The second-order valence-corrected chi connectivity index (χ2v) is 9.52. The number of carbonyl (C=O) groups excluding carboxylic acids is 2. The van der Waals surface area contributed by atoms with E-state index in [0.717, 1.165) is 16.7 Å². The average Bonchev–Trinajstić information content (AvgIpc) is 2.88. The lowest BCUT2D eigenvalue weighted by atomic mass is 10.0. The minimum atomic E-state index is -0.662. The lowest BCUT2D eigenvalue weighted by molar-refractivity contribution is -0.140. The molecule has 36 heavy (non-hydrogen) atoms. The Kier molecular flexibility index (Phi) is 11.0. The molecular formula is C30H35ClN2O3. The van der Waals surface area contributed by atoms with Gasteiger partial charge in [0.25, 0.3) is 0 Å². The second-order valence-electron chi connectivity index (χ2n) is 9.08. The van der Waals surface area contributed by atoms with Crippen LogP contribution in [0, 0.1) is 0 Å². The highest BCUT2D eigenvalue weighted by atomic mass is 35.5. The van der Waals surface area contributed by atoms with Crippen LogP contribution in [0.5, 0.6) is 0 Å². The molecule has 0 aliphatic heterocycles. The molecule has 0 heterocycles. The molecule has 0 bridgehead atoms. The summed E-state index contributed by atoms with van der Waals surface area (Å²) in [4.78, 5) is 28.9. The third-order valence-corrected chi connectivity index (χ3v) is 6.06. The Labute approximate surface area is 219 Å². The van der Waals surface area contributed by atoms with Gasteiger partial charge in [0, 0.05) is 31.1 Å². The van der Waals surface area contributed by atoms with Crippen molar-refractivity contribution >= 4 is 23.4 Å². The molecule has 0 saturated heterocycles. The third-order valence-electron chi connectivity index (χ3n) is 5.81. The van der Waals surface area contributed by atoms with Gasteiger partial charge in [0.2, 0.25) is 11.8 Å². The number of halogens is 1. The molecule has 0 fully saturated rings. The number of nitrogens with one attached hydrogen (secondary N) is 1. The van der Waals surface area contributed by atoms with Crippen molar-refractivity contribution in [1.29, 1.82) is 0 Å². The van der Waals surface area contributed by atoms with Gasteiger partial charge in [-0.05, 0) is 49.1 Å². The van der Waals surface area contributed by atoms with E-state index in [1.807, 2.05) is 86.6 Å². The lowest BCUT2D eigenvalue weighted by Gasteiger charge is -2.32. The fourth-order valence-corrected chi connectivity index (χ4v) is 4.06. The molecule has 0 aliphatic carbocycles. The molecule has 2 amide bonds. The van der Waals surface area contributed by atoms with E-state index in [1.165, 1.54) is 0 Å². The quantitative estimate of drug-likeness (QED) is 0.313. The summed E-state index contributed by atoms with van der Waals surface area (Å²) in [7, 11) is 0. The van der Waals surface area contributed by atoms with Crippen molar-refractivity contribution in [2.45, 2.75) is 51.8 Å². The van der Waals surface area contributed by atoms with Crippen molar-refractivity contribution in [3.05, 3.63) is 107 Å². The van der Waals surface area contributed by atoms with Crippen molar-refractivity contribution in [3.8, 4) is 0 Å². The number of ether oxygens (including phenoxy) is 1. The zero-order chi connectivity index (χ0) is 25.8. The van der Waals surface area contributed by atoms with Gasteiger partial charge >= 0.3 is 0 Å². The fraction of sp³-hybridized carbons (Fsp3) is 0.333. The van der Waals surface area contributed by atoms with Gasteiger partial charge in [0.15, 0.2) is 0 Å². The molecular weight excluding hydrogens is 472 g/mol. The minimum Gasteiger partial charge on any atom is -0.379 e. The maximum Gasteiger partial charge on any atom is 0.243 e. The molecule has 3 rings (SSSR count). The predicted octanol–water partition coefficient (Wildman–Crippen LogP) is 5.45. The number of carbonyl (C=O) groups is 2. The van der Waals surface area contributed by atoms with Gasteiger partial charge in [-0.25, -0.2) is 0 Å². The first-order valence-electron chi connectivity index (χ1n) is 12.4. The first kappa shape index (κ1) is 27.4. The summed E-state index contributed by atoms with van der Waals surface area (Å²) in [5.74, 6) is -0.269. The molecule has 190 valence electrons. The Morgan fingerprint density at radius 1 is 0.861 bits per heavy atom. The predicted molar refractivity (Wildman–Crippen MR) is 145 cm³/mol. The zero-order valence-corrected chi connectivity index (χ0v) is 21.8. The van der Waals surface area contributed by atoms with Gasteiger partial charge in [0.1, 0.15) is 6.04 Å². The molecule has 3 aromatic rings. The summed E-state index contributed by atoms with van der Waals surface area (Å²) < 4.78 is 5.59. The van der Waals surface area contributed by atoms with E-state index in [-0.39, 0.29) is 24.3 Å². The highest BCUT2D eigenvalue weighted by molar-refractivity contribution is 6.30. The SMILES string of the molecule is CC(C)OCCCNC(=O)[C@H](Cc1ccccc1)N(Cc1ccc(Cl)cc1)C(=O)Cc1ccccc1. The van der Waals surface area contributed by atoms with Crippen LogP contribution in [-0.2, 0) is 33.7 Å². The van der Waals surface area contributed by atoms with E-state index < -0.39 is 6.04 Å². The van der Waals surface area contributed by atoms with Crippen LogP contribution in [-0.4, -0.2) is 42.0 Å². The van der Waals surface area contributed by atoms with Gasteiger partial charge in [-0.2, -0.15) is 0 Å². The van der Waals surface area contributed by atoms with Crippen LogP contribution in [0.2, 0.25) is 5.02 Å². The Morgan fingerprint density at radius 2 is 1.47 bits per heavy atom. The molecule has 5 nitrogen and oxygen atoms in total. The van der Waals surface area contributed by atoms with Gasteiger partial charge < -0.3 is 15.0 Å². The average molecular weight is 507 g/mol. The van der Waals surface area contributed by atoms with E-state index >= 15 is 0 Å². The Hall–Kier alpha value is -3.15. The maximum atomic E-state index is 13.7. The maximum absolute atomic E-state index is 13.7. The normalized spacial score (nSPS) is 11.8. The molecule has 0 unspecified atom stereocenters. The van der Waals surface area contributed by atoms with E-state index in [1.54, 1.807) is 17.0 Å². The summed E-state index contributed by atoms with van der Waals surface area (Å²) in [6, 6.07) is 26.2. The van der Waals surface area contributed by atoms with E-state index in [2.05, 4.69) is 5.32 Å². The molecule has 0 aliphatic rings. The first-order valence-corrected chi connectivity index (χ1v) is 12.8. The topological polar surface area (TPSA) is 58.6 Å². The van der Waals surface area contributed by atoms with Crippen LogP contribution >= 0.6 is 11.6 Å². The molecule has 3 aromatic carbocycles. The fourth-order valence-electron chi connectivity index (χ4n) is 3.93. The lowest BCUT2D eigenvalue weighted by Crippen LogP contribution is -2.51. The Balaban J connectivity index is 1.84. The minimum absolute atomic E-state index is 0.102. The molecule has 0 aromatic heterocycles. The smallest absolute Gasteiger partial charge is 0.243 e. The van der Waals surface area contributed by atoms with Crippen LogP contribution in [0.3, 0.4) is 0 Å². The summed E-state index contributed by atoms with van der Waals surface area (Å²) >= 11 is 6.09. The second kappa shape index (κ2) is 14.4. The van der Waals surface area contributed by atoms with Crippen LogP contribution in [0.1, 0.15) is 37.0 Å². The van der Waals surface area contributed by atoms with Crippen LogP contribution in [0.15, 0.2) is 84.9 Å². The monoisotopic (exact) mass is 506 g/mol. The van der Waals surface area contributed by atoms with Crippen molar-refractivity contribution in [2.75, 3.05) is 13.2 Å². The van der Waals surface area contributed by atoms with Crippen LogP contribution < -0.4 is 5.32 Å². The summed E-state index contributed by atoms with van der Waals surface area (Å²) in [6.07, 6.45) is 1.49. The van der Waals surface area contributed by atoms with Crippen LogP contribution in [0.4, 0.5) is 0 Å². The Morgan fingerprint density at radius 3 is 2.08 bits per heavy atom. The molecule has 0 radical (unpaired) electrons. The van der Waals surface area contributed by atoms with Crippen molar-refractivity contribution in [3.63, 3.8) is 0 Å². The number of hydrogen-bond donors (Lipinski definition) is 1. The van der Waals surface area contributed by atoms with E-state index in [9.17, 15) is 9.59 Å². The van der Waals surface area contributed by atoms with Crippen LogP contribution in [0.25, 0.3) is 0 Å². The van der Waals surface area contributed by atoms with Crippen molar-refractivity contribution in [2.24, 2.45) is 0 Å². The van der Waals surface area contributed by atoms with Gasteiger partial charge in [-0.1, -0.05) is 84.4 Å². The molecule has 0 saturated carbocycles. The molecule has 6 heteroatoms. The number of rotatable bonds is 13. The molecule has 0 spiro atoms. The standard InChI is InChI=1S/C30H35ClN2O3/c1-23(2)36-19-9-18-32-30(35)28(20-24-10-5-3-6-11-24)33(22-26-14-16-27(31)17-15-26)29(34)21-25-12-7-4-8-13-25/h3-8,10-17,23,28H,9,18-22H2,1-2H3,(H,32,35)/t28-/m0/s1. The van der Waals surface area contributed by atoms with Gasteiger partial charge in [-0.3, -0.25) is 9.59 Å². The Bertz CT molecular complexity index is 1070. The number of nitrogens with zero attached hydrogens (tertiary/aromatic N) is 1. The van der Waals surface area contributed by atoms with E-state index in [4.69, 9.17) is 16.3 Å². The highest BCUT2D eigenvalue weighted by Gasteiger charge is 2.30. The highest BCUT2D eigenvalue weighted by Crippen LogP contribution is 2.18. The largest absolute Gasteiger partial charge is 0.379 e. The molecule has 1 N–H and O–H groups in total. The zero-order valence-electron chi connectivity index (χ0n) is 21.0. The summed E-state index contributed by atoms with van der Waals surface area (Å²) in [5.41, 5.74) is 2.82. The third kappa shape index (κ3) is 9.14. The number of hydrogen-bond acceptors (Lipinski definition) is 3. The van der Waals surface area contributed by atoms with Gasteiger partial charge in [-0.15, -0.1) is 0 Å².